The molecule has 0 saturated heterocycles. The number of hydrogen-bond acceptors (Lipinski definition) is 2. The monoisotopic (exact) mass is 314 g/mol. The van der Waals surface area contributed by atoms with Gasteiger partial charge in [0.2, 0.25) is 0 Å². The van der Waals surface area contributed by atoms with Crippen molar-refractivity contribution in [2.75, 3.05) is 0 Å². The number of hydrazine groups is 1. The Balaban J connectivity index is 2.19. The Morgan fingerprint density at radius 2 is 1.67 bits per heavy atom. The van der Waals surface area contributed by atoms with Crippen LogP contribution in [0.15, 0.2) is 36.4 Å². The summed E-state index contributed by atoms with van der Waals surface area (Å²) in [4.78, 5) is 0. The molecule has 0 amide bonds. The van der Waals surface area contributed by atoms with E-state index in [1.54, 1.807) is 6.07 Å². The molecule has 0 heterocycles. The van der Waals surface area contributed by atoms with Crippen molar-refractivity contribution < 1.29 is 13.2 Å². The zero-order valence-corrected chi connectivity index (χ0v) is 11.8. The minimum absolute atomic E-state index is 0.116. The molecule has 2 nitrogen and oxygen atoms in total. The SMILES string of the molecule is NNC(Cc1cccc(F)c1F)Cc1c(F)cccc1Cl. The van der Waals surface area contributed by atoms with Gasteiger partial charge in [-0.1, -0.05) is 29.8 Å². The summed E-state index contributed by atoms with van der Waals surface area (Å²) in [5, 5.41) is 0.273. The third-order valence-corrected chi connectivity index (χ3v) is 3.60. The highest BCUT2D eigenvalue weighted by Gasteiger charge is 2.17. The van der Waals surface area contributed by atoms with Crippen LogP contribution in [0.1, 0.15) is 11.1 Å². The van der Waals surface area contributed by atoms with Crippen molar-refractivity contribution in [1.82, 2.24) is 5.43 Å². The number of nitrogens with two attached hydrogens (primary N) is 1. The van der Waals surface area contributed by atoms with Gasteiger partial charge in [-0.25, -0.2) is 13.2 Å². The zero-order chi connectivity index (χ0) is 15.4. The van der Waals surface area contributed by atoms with Crippen LogP contribution in [0.25, 0.3) is 0 Å². The molecule has 0 aliphatic carbocycles. The lowest BCUT2D eigenvalue weighted by Gasteiger charge is -2.17. The van der Waals surface area contributed by atoms with E-state index in [1.165, 1.54) is 24.3 Å². The average Bonchev–Trinajstić information content (AvgIpc) is 2.46. The van der Waals surface area contributed by atoms with Crippen LogP contribution in [0.4, 0.5) is 13.2 Å². The van der Waals surface area contributed by atoms with Crippen molar-refractivity contribution >= 4 is 11.6 Å². The first-order valence-electron chi connectivity index (χ1n) is 6.34. The van der Waals surface area contributed by atoms with Crippen LogP contribution in [0, 0.1) is 17.5 Å². The molecule has 2 aromatic rings. The van der Waals surface area contributed by atoms with E-state index in [1.807, 2.05) is 0 Å². The molecule has 1 atom stereocenters. The van der Waals surface area contributed by atoms with Gasteiger partial charge in [0.1, 0.15) is 5.82 Å². The third kappa shape index (κ3) is 3.75. The van der Waals surface area contributed by atoms with Crippen LogP contribution in [0.2, 0.25) is 5.02 Å². The van der Waals surface area contributed by atoms with E-state index in [0.29, 0.717) is 5.56 Å². The molecule has 2 aromatic carbocycles. The predicted molar refractivity (Wildman–Crippen MR) is 76.3 cm³/mol. The summed E-state index contributed by atoms with van der Waals surface area (Å²) in [7, 11) is 0. The molecule has 0 bridgehead atoms. The van der Waals surface area contributed by atoms with Crippen molar-refractivity contribution in [2.45, 2.75) is 18.9 Å². The first-order chi connectivity index (χ1) is 10.0. The summed E-state index contributed by atoms with van der Waals surface area (Å²) in [6.07, 6.45) is 0.280. The highest BCUT2D eigenvalue weighted by Crippen LogP contribution is 2.22. The molecule has 0 saturated carbocycles. The van der Waals surface area contributed by atoms with E-state index >= 15 is 0 Å². The Morgan fingerprint density at radius 3 is 2.33 bits per heavy atom. The van der Waals surface area contributed by atoms with Crippen molar-refractivity contribution in [3.05, 3.63) is 70.0 Å². The first kappa shape index (κ1) is 15.8. The number of nitrogens with one attached hydrogen (secondary N) is 1. The summed E-state index contributed by atoms with van der Waals surface area (Å²) in [5.41, 5.74) is 2.95. The molecule has 0 fully saturated rings. The zero-order valence-electron chi connectivity index (χ0n) is 11.0. The van der Waals surface area contributed by atoms with Crippen molar-refractivity contribution in [2.24, 2.45) is 5.84 Å². The number of rotatable bonds is 5. The lowest BCUT2D eigenvalue weighted by atomic mass is 9.98. The Hall–Kier alpha value is -1.56. The molecular weight excluding hydrogens is 301 g/mol. The molecule has 0 spiro atoms. The molecule has 0 aliphatic rings. The largest absolute Gasteiger partial charge is 0.271 e. The van der Waals surface area contributed by atoms with Gasteiger partial charge in [0.25, 0.3) is 0 Å². The summed E-state index contributed by atoms with van der Waals surface area (Å²) >= 11 is 5.95. The second-order valence-corrected chi connectivity index (χ2v) is 5.09. The van der Waals surface area contributed by atoms with Gasteiger partial charge in [-0.3, -0.25) is 11.3 Å². The third-order valence-electron chi connectivity index (χ3n) is 3.25. The summed E-state index contributed by atoms with van der Waals surface area (Å²) in [6.45, 7) is 0. The van der Waals surface area contributed by atoms with Crippen molar-refractivity contribution in [3.8, 4) is 0 Å². The van der Waals surface area contributed by atoms with Gasteiger partial charge in [-0.05, 0) is 36.6 Å². The van der Waals surface area contributed by atoms with Gasteiger partial charge in [0, 0.05) is 16.6 Å². The van der Waals surface area contributed by atoms with Gasteiger partial charge >= 0.3 is 0 Å². The topological polar surface area (TPSA) is 38.0 Å². The molecule has 2 rings (SSSR count). The highest BCUT2D eigenvalue weighted by molar-refractivity contribution is 6.31. The fraction of sp³-hybridized carbons (Fsp3) is 0.200. The van der Waals surface area contributed by atoms with Crippen molar-refractivity contribution in [3.63, 3.8) is 0 Å². The van der Waals surface area contributed by atoms with Crippen LogP contribution in [0.3, 0.4) is 0 Å². The lowest BCUT2D eigenvalue weighted by Crippen LogP contribution is -2.39. The molecule has 3 N–H and O–H groups in total. The first-order valence-corrected chi connectivity index (χ1v) is 6.72. The molecule has 21 heavy (non-hydrogen) atoms. The van der Waals surface area contributed by atoms with Gasteiger partial charge in [-0.15, -0.1) is 0 Å². The molecular formula is C15H14ClF3N2. The Kier molecular flexibility index (Phi) is 5.22. The molecule has 1 unspecified atom stereocenters. The summed E-state index contributed by atoms with van der Waals surface area (Å²) in [6, 6.07) is 7.79. The maximum Gasteiger partial charge on any atom is 0.162 e. The minimum Gasteiger partial charge on any atom is -0.271 e. The number of halogens is 4. The standard InChI is InChI=1S/C15H14ClF3N2/c16-12-4-2-5-13(17)11(12)8-10(21-20)7-9-3-1-6-14(18)15(9)19/h1-6,10,21H,7-8,20H2. The van der Waals surface area contributed by atoms with Gasteiger partial charge < -0.3 is 0 Å². The average molecular weight is 315 g/mol. The smallest absolute Gasteiger partial charge is 0.162 e. The Bertz CT molecular complexity index is 614. The minimum atomic E-state index is -0.924. The fourth-order valence-corrected chi connectivity index (χ4v) is 2.38. The quantitative estimate of drug-likeness (QED) is 0.656. The Labute approximate surface area is 125 Å². The van der Waals surface area contributed by atoms with Crippen LogP contribution >= 0.6 is 11.6 Å². The van der Waals surface area contributed by atoms with Crippen molar-refractivity contribution in [1.29, 1.82) is 0 Å². The van der Waals surface area contributed by atoms with E-state index in [4.69, 9.17) is 17.4 Å². The van der Waals surface area contributed by atoms with E-state index in [-0.39, 0.29) is 23.4 Å². The molecule has 0 aromatic heterocycles. The van der Waals surface area contributed by atoms with Gasteiger partial charge in [0.05, 0.1) is 0 Å². The van der Waals surface area contributed by atoms with Crippen LogP contribution in [-0.2, 0) is 12.8 Å². The fourth-order valence-electron chi connectivity index (χ4n) is 2.14. The predicted octanol–water partition coefficient (Wildman–Crippen LogP) is 3.37. The van der Waals surface area contributed by atoms with Crippen LogP contribution < -0.4 is 11.3 Å². The van der Waals surface area contributed by atoms with E-state index in [0.717, 1.165) is 6.07 Å². The second kappa shape index (κ2) is 6.93. The summed E-state index contributed by atoms with van der Waals surface area (Å²) in [5.74, 6) is 3.13. The lowest BCUT2D eigenvalue weighted by molar-refractivity contribution is 0.469. The van der Waals surface area contributed by atoms with Crippen LogP contribution in [-0.4, -0.2) is 6.04 Å². The molecule has 112 valence electrons. The maximum absolute atomic E-state index is 13.7. The van der Waals surface area contributed by atoms with Crippen LogP contribution in [0.5, 0.6) is 0 Å². The van der Waals surface area contributed by atoms with Gasteiger partial charge in [0.15, 0.2) is 11.6 Å². The van der Waals surface area contributed by atoms with E-state index < -0.39 is 23.5 Å². The number of benzene rings is 2. The highest BCUT2D eigenvalue weighted by atomic mass is 35.5. The molecule has 0 radical (unpaired) electrons. The van der Waals surface area contributed by atoms with E-state index in [9.17, 15) is 13.2 Å². The maximum atomic E-state index is 13.7. The second-order valence-electron chi connectivity index (χ2n) is 4.68. The normalized spacial score (nSPS) is 12.4. The summed E-state index contributed by atoms with van der Waals surface area (Å²) < 4.78 is 40.6. The Morgan fingerprint density at radius 1 is 1.00 bits per heavy atom. The van der Waals surface area contributed by atoms with Gasteiger partial charge in [-0.2, -0.15) is 0 Å². The molecule has 0 aliphatic heterocycles. The number of hydrogen-bond donors (Lipinski definition) is 2. The molecule has 6 heteroatoms. The van der Waals surface area contributed by atoms with E-state index in [2.05, 4.69) is 5.43 Å².